The molecule has 0 N–H and O–H groups in total. The van der Waals surface area contributed by atoms with Crippen molar-refractivity contribution < 1.29 is 0 Å². The van der Waals surface area contributed by atoms with E-state index in [1.807, 2.05) is 17.4 Å². The third kappa shape index (κ3) is 1.05. The fourth-order valence-electron chi connectivity index (χ4n) is 1.24. The van der Waals surface area contributed by atoms with Crippen molar-refractivity contribution in [2.24, 2.45) is 0 Å². The number of halogens is 1. The Balaban J connectivity index is 2.88. The normalized spacial score (nSPS) is 10.9. The molecule has 2 aromatic heterocycles. The molecule has 3 heteroatoms. The second kappa shape index (κ2) is 2.59. The summed E-state index contributed by atoms with van der Waals surface area (Å²) in [4.78, 5) is 4.37. The summed E-state index contributed by atoms with van der Waals surface area (Å²) in [6.45, 7) is 4.06. The zero-order valence-electron chi connectivity index (χ0n) is 7.00. The summed E-state index contributed by atoms with van der Waals surface area (Å²) >= 11 is 3.49. The van der Waals surface area contributed by atoms with Crippen LogP contribution in [0.2, 0.25) is 0 Å². The molecule has 0 amide bonds. The molecule has 0 radical (unpaired) electrons. The number of aryl methyl sites for hydroxylation is 2. The Morgan fingerprint density at radius 2 is 2.08 bits per heavy atom. The maximum Gasteiger partial charge on any atom is 0.137 e. The lowest BCUT2D eigenvalue weighted by molar-refractivity contribution is 1.12. The van der Waals surface area contributed by atoms with Crippen LogP contribution in [0, 0.1) is 13.8 Å². The van der Waals surface area contributed by atoms with Crippen LogP contribution in [0.3, 0.4) is 0 Å². The minimum Gasteiger partial charge on any atom is -0.294 e. The predicted octanol–water partition coefficient (Wildman–Crippen LogP) is 2.71. The number of rotatable bonds is 0. The van der Waals surface area contributed by atoms with Crippen LogP contribution in [0.5, 0.6) is 0 Å². The van der Waals surface area contributed by atoms with Gasteiger partial charge in [-0.3, -0.25) is 4.40 Å². The van der Waals surface area contributed by atoms with E-state index in [0.717, 1.165) is 15.9 Å². The molecule has 0 fully saturated rings. The second-order valence-corrected chi connectivity index (χ2v) is 3.67. The lowest BCUT2D eigenvalue weighted by atomic mass is 10.3. The molecule has 2 aromatic rings. The quantitative estimate of drug-likeness (QED) is 0.673. The maximum absolute atomic E-state index is 4.37. The van der Waals surface area contributed by atoms with Gasteiger partial charge in [-0.2, -0.15) is 0 Å². The Kier molecular flexibility index (Phi) is 1.68. The van der Waals surface area contributed by atoms with Crippen LogP contribution < -0.4 is 0 Å². The fraction of sp³-hybridized carbons (Fsp3) is 0.222. The molecule has 0 aliphatic heterocycles. The summed E-state index contributed by atoms with van der Waals surface area (Å²) in [7, 11) is 0. The highest BCUT2D eigenvalue weighted by molar-refractivity contribution is 9.10. The van der Waals surface area contributed by atoms with Gasteiger partial charge in [0, 0.05) is 6.20 Å². The molecule has 12 heavy (non-hydrogen) atoms. The topological polar surface area (TPSA) is 17.3 Å². The molecule has 0 aliphatic carbocycles. The zero-order chi connectivity index (χ0) is 8.72. The van der Waals surface area contributed by atoms with E-state index in [0.29, 0.717) is 0 Å². The minimum atomic E-state index is 0.991. The lowest BCUT2D eigenvalue weighted by Crippen LogP contribution is -1.85. The molecule has 0 saturated heterocycles. The monoisotopic (exact) mass is 224 g/mol. The minimum absolute atomic E-state index is 0.991. The van der Waals surface area contributed by atoms with E-state index >= 15 is 0 Å². The fourth-order valence-corrected chi connectivity index (χ4v) is 1.61. The highest BCUT2D eigenvalue weighted by Gasteiger charge is 2.03. The first-order valence-electron chi connectivity index (χ1n) is 3.79. The smallest absolute Gasteiger partial charge is 0.137 e. The summed E-state index contributed by atoms with van der Waals surface area (Å²) in [5, 5.41) is 0. The van der Waals surface area contributed by atoms with Crippen LogP contribution in [-0.2, 0) is 0 Å². The molecule has 0 spiro atoms. The average molecular weight is 225 g/mol. The first-order chi connectivity index (χ1) is 5.68. The zero-order valence-corrected chi connectivity index (χ0v) is 8.59. The Morgan fingerprint density at radius 1 is 1.33 bits per heavy atom. The van der Waals surface area contributed by atoms with Crippen molar-refractivity contribution in [3.05, 3.63) is 34.2 Å². The van der Waals surface area contributed by atoms with Crippen LogP contribution in [0.25, 0.3) is 5.65 Å². The van der Waals surface area contributed by atoms with Gasteiger partial charge in [-0.25, -0.2) is 4.98 Å². The maximum atomic E-state index is 4.37. The molecule has 0 aromatic carbocycles. The largest absolute Gasteiger partial charge is 0.294 e. The van der Waals surface area contributed by atoms with E-state index in [1.54, 1.807) is 0 Å². The highest BCUT2D eigenvalue weighted by Crippen LogP contribution is 2.18. The molecule has 62 valence electrons. The van der Waals surface area contributed by atoms with Crippen molar-refractivity contribution in [1.29, 1.82) is 0 Å². The van der Waals surface area contributed by atoms with Crippen LogP contribution in [0.4, 0.5) is 0 Å². The van der Waals surface area contributed by atoms with E-state index in [2.05, 4.69) is 40.1 Å². The Labute approximate surface area is 79.4 Å². The molecule has 2 heterocycles. The first-order valence-corrected chi connectivity index (χ1v) is 4.58. The number of hydrogen-bond donors (Lipinski definition) is 0. The van der Waals surface area contributed by atoms with Gasteiger partial charge in [0.25, 0.3) is 0 Å². The van der Waals surface area contributed by atoms with Gasteiger partial charge in [-0.05, 0) is 41.4 Å². The Bertz CT molecular complexity index is 431. The SMILES string of the molecule is Cc1ccc2nc(C)c(Br)n2c1. The standard InChI is InChI=1S/C9H9BrN2/c1-6-3-4-8-11-7(2)9(10)12(8)5-6/h3-5H,1-2H3. The highest BCUT2D eigenvalue weighted by atomic mass is 79.9. The van der Waals surface area contributed by atoms with Gasteiger partial charge in [0.05, 0.1) is 5.69 Å². The molecule has 0 aliphatic rings. The molecule has 0 unspecified atom stereocenters. The predicted molar refractivity (Wildman–Crippen MR) is 52.4 cm³/mol. The summed E-state index contributed by atoms with van der Waals surface area (Å²) in [5.74, 6) is 0. The van der Waals surface area contributed by atoms with Gasteiger partial charge in [0.2, 0.25) is 0 Å². The van der Waals surface area contributed by atoms with Crippen molar-refractivity contribution >= 4 is 21.6 Å². The summed E-state index contributed by atoms with van der Waals surface area (Å²) in [6, 6.07) is 4.08. The van der Waals surface area contributed by atoms with E-state index in [1.165, 1.54) is 5.56 Å². The molecule has 2 rings (SSSR count). The van der Waals surface area contributed by atoms with E-state index in [9.17, 15) is 0 Å². The summed E-state index contributed by atoms with van der Waals surface area (Å²) < 4.78 is 3.09. The van der Waals surface area contributed by atoms with Gasteiger partial charge < -0.3 is 0 Å². The number of pyridine rings is 1. The number of hydrogen-bond acceptors (Lipinski definition) is 1. The van der Waals surface area contributed by atoms with Crippen LogP contribution in [0.15, 0.2) is 22.9 Å². The van der Waals surface area contributed by atoms with Gasteiger partial charge >= 0.3 is 0 Å². The Hall–Kier alpha value is -0.830. The summed E-state index contributed by atoms with van der Waals surface area (Å²) in [5.41, 5.74) is 3.26. The molecular weight excluding hydrogens is 216 g/mol. The van der Waals surface area contributed by atoms with Crippen molar-refractivity contribution in [3.8, 4) is 0 Å². The van der Waals surface area contributed by atoms with Crippen LogP contribution >= 0.6 is 15.9 Å². The van der Waals surface area contributed by atoms with Crippen molar-refractivity contribution in [1.82, 2.24) is 9.38 Å². The third-order valence-electron chi connectivity index (χ3n) is 1.87. The van der Waals surface area contributed by atoms with Gasteiger partial charge in [0.1, 0.15) is 10.3 Å². The van der Waals surface area contributed by atoms with Gasteiger partial charge in [-0.1, -0.05) is 6.07 Å². The molecular formula is C9H9BrN2. The second-order valence-electron chi connectivity index (χ2n) is 2.92. The number of fused-ring (bicyclic) bond motifs is 1. The summed E-state index contributed by atoms with van der Waals surface area (Å²) in [6.07, 6.45) is 2.07. The number of nitrogens with zero attached hydrogens (tertiary/aromatic N) is 2. The molecule has 2 nitrogen and oxygen atoms in total. The molecule has 0 atom stereocenters. The molecule has 0 saturated carbocycles. The van der Waals surface area contributed by atoms with Crippen LogP contribution in [-0.4, -0.2) is 9.38 Å². The van der Waals surface area contributed by atoms with E-state index < -0.39 is 0 Å². The number of imidazole rings is 1. The van der Waals surface area contributed by atoms with Crippen LogP contribution in [0.1, 0.15) is 11.3 Å². The van der Waals surface area contributed by atoms with E-state index in [4.69, 9.17) is 0 Å². The lowest BCUT2D eigenvalue weighted by Gasteiger charge is -1.95. The van der Waals surface area contributed by atoms with Gasteiger partial charge in [0.15, 0.2) is 0 Å². The van der Waals surface area contributed by atoms with Gasteiger partial charge in [-0.15, -0.1) is 0 Å². The van der Waals surface area contributed by atoms with E-state index in [-0.39, 0.29) is 0 Å². The first kappa shape index (κ1) is 7.80. The average Bonchev–Trinajstić information content (AvgIpc) is 2.31. The van der Waals surface area contributed by atoms with Crippen molar-refractivity contribution in [2.75, 3.05) is 0 Å². The van der Waals surface area contributed by atoms with Crippen molar-refractivity contribution in [3.63, 3.8) is 0 Å². The number of aromatic nitrogens is 2. The third-order valence-corrected chi connectivity index (χ3v) is 2.82. The van der Waals surface area contributed by atoms with Crippen molar-refractivity contribution in [2.45, 2.75) is 13.8 Å². The molecule has 0 bridgehead atoms. The Morgan fingerprint density at radius 3 is 2.83 bits per heavy atom.